The second-order valence-corrected chi connectivity index (χ2v) is 6.92. The Kier molecular flexibility index (Phi) is 7.81. The van der Waals surface area contributed by atoms with Gasteiger partial charge in [-0.1, -0.05) is 24.3 Å². The zero-order chi connectivity index (χ0) is 23.1. The number of Topliss-reactive ketones (excluding diaryl/α,β-unsaturated/α-hetero) is 1. The van der Waals surface area contributed by atoms with E-state index in [4.69, 9.17) is 5.73 Å². The van der Waals surface area contributed by atoms with Gasteiger partial charge in [0.25, 0.3) is 5.69 Å². The summed E-state index contributed by atoms with van der Waals surface area (Å²) in [6.45, 7) is 1.44. The third-order valence-corrected chi connectivity index (χ3v) is 4.66. The second-order valence-electron chi connectivity index (χ2n) is 6.92. The molecule has 3 atom stereocenters. The van der Waals surface area contributed by atoms with E-state index in [2.05, 4.69) is 10.1 Å². The van der Waals surface area contributed by atoms with E-state index >= 15 is 0 Å². The molecule has 0 bridgehead atoms. The highest BCUT2D eigenvalue weighted by atomic mass is 16.6. The van der Waals surface area contributed by atoms with E-state index in [-0.39, 0.29) is 17.9 Å². The number of methoxy groups -OCH3 is 1. The molecule has 2 aromatic carbocycles. The summed E-state index contributed by atoms with van der Waals surface area (Å²) in [5, 5.41) is 23.1. The van der Waals surface area contributed by atoms with E-state index in [0.29, 0.717) is 11.1 Å². The lowest BCUT2D eigenvalue weighted by Gasteiger charge is -2.25. The van der Waals surface area contributed by atoms with Crippen LogP contribution in [0, 0.1) is 10.1 Å². The number of esters is 1. The molecule has 0 aliphatic carbocycles. The van der Waals surface area contributed by atoms with Gasteiger partial charge in [0.2, 0.25) is 5.91 Å². The van der Waals surface area contributed by atoms with Crippen LogP contribution in [0.2, 0.25) is 0 Å². The van der Waals surface area contributed by atoms with E-state index in [1.54, 1.807) is 6.07 Å². The molecule has 10 nitrogen and oxygen atoms in total. The molecular weight excluding hydrogens is 406 g/mol. The fourth-order valence-electron chi connectivity index (χ4n) is 3.14. The molecule has 1 amide bonds. The van der Waals surface area contributed by atoms with Crippen molar-refractivity contribution < 1.29 is 29.2 Å². The maximum absolute atomic E-state index is 13.1. The first-order chi connectivity index (χ1) is 14.6. The molecule has 2 rings (SSSR count). The lowest BCUT2D eigenvalue weighted by molar-refractivity contribution is -0.384. The number of carbonyl (C=O) groups is 3. The Morgan fingerprint density at radius 1 is 1.19 bits per heavy atom. The number of aromatic hydroxyl groups is 1. The number of nitrogens with two attached hydrogens (primary N) is 1. The van der Waals surface area contributed by atoms with Crippen molar-refractivity contribution in [2.24, 2.45) is 5.73 Å². The lowest BCUT2D eigenvalue weighted by Crippen LogP contribution is -2.48. The molecule has 2 aromatic rings. The number of rotatable bonds is 9. The summed E-state index contributed by atoms with van der Waals surface area (Å²) in [7, 11) is 1.14. The number of nitro benzene ring substituents is 1. The number of amides is 1. The Bertz CT molecular complexity index is 992. The molecule has 31 heavy (non-hydrogen) atoms. The summed E-state index contributed by atoms with van der Waals surface area (Å²) in [5.41, 5.74) is 6.49. The van der Waals surface area contributed by atoms with Gasteiger partial charge in [-0.2, -0.15) is 0 Å². The Morgan fingerprint density at radius 3 is 2.48 bits per heavy atom. The van der Waals surface area contributed by atoms with Crippen molar-refractivity contribution in [3.05, 3.63) is 69.8 Å². The summed E-state index contributed by atoms with van der Waals surface area (Å²) in [4.78, 5) is 47.8. The predicted molar refractivity (Wildman–Crippen MR) is 110 cm³/mol. The molecule has 10 heteroatoms. The number of ether oxygens (including phenoxy) is 1. The highest BCUT2D eigenvalue weighted by Gasteiger charge is 2.36. The molecular formula is C21H23N3O7. The van der Waals surface area contributed by atoms with Gasteiger partial charge in [0, 0.05) is 12.1 Å². The zero-order valence-electron chi connectivity index (χ0n) is 17.0. The predicted octanol–water partition coefficient (Wildman–Crippen LogP) is 1.20. The molecule has 2 unspecified atom stereocenters. The van der Waals surface area contributed by atoms with Gasteiger partial charge in [0.1, 0.15) is 11.8 Å². The van der Waals surface area contributed by atoms with Crippen LogP contribution < -0.4 is 11.1 Å². The zero-order valence-corrected chi connectivity index (χ0v) is 17.0. The fraction of sp³-hybridized carbons (Fsp3) is 0.286. The maximum atomic E-state index is 13.1. The molecule has 0 aromatic heterocycles. The quantitative estimate of drug-likeness (QED) is 0.304. The van der Waals surface area contributed by atoms with Crippen molar-refractivity contribution in [3.8, 4) is 5.75 Å². The minimum atomic E-state index is -1.35. The Labute approximate surface area is 178 Å². The second kappa shape index (κ2) is 10.3. The normalized spacial score (nSPS) is 13.5. The van der Waals surface area contributed by atoms with Gasteiger partial charge in [-0.05, 0) is 30.2 Å². The summed E-state index contributed by atoms with van der Waals surface area (Å²) in [6, 6.07) is 8.95. The van der Waals surface area contributed by atoms with Crippen molar-refractivity contribution in [2.75, 3.05) is 7.11 Å². The van der Waals surface area contributed by atoms with Gasteiger partial charge < -0.3 is 20.9 Å². The van der Waals surface area contributed by atoms with Gasteiger partial charge in [0.05, 0.1) is 30.4 Å². The van der Waals surface area contributed by atoms with Crippen molar-refractivity contribution in [1.82, 2.24) is 5.32 Å². The van der Waals surface area contributed by atoms with Crippen LogP contribution in [0.1, 0.15) is 24.0 Å². The van der Waals surface area contributed by atoms with Crippen LogP contribution in [-0.2, 0) is 25.5 Å². The van der Waals surface area contributed by atoms with Crippen LogP contribution in [0.5, 0.6) is 5.75 Å². The lowest BCUT2D eigenvalue weighted by atomic mass is 9.85. The number of ketones is 1. The van der Waals surface area contributed by atoms with Crippen LogP contribution in [0.25, 0.3) is 0 Å². The van der Waals surface area contributed by atoms with Crippen LogP contribution in [0.4, 0.5) is 5.69 Å². The van der Waals surface area contributed by atoms with Crippen LogP contribution in [-0.4, -0.2) is 46.9 Å². The number of benzene rings is 2. The van der Waals surface area contributed by atoms with Gasteiger partial charge in [-0.15, -0.1) is 0 Å². The van der Waals surface area contributed by atoms with Crippen molar-refractivity contribution in [3.63, 3.8) is 0 Å². The van der Waals surface area contributed by atoms with Crippen LogP contribution in [0.3, 0.4) is 0 Å². The van der Waals surface area contributed by atoms with Gasteiger partial charge >= 0.3 is 5.97 Å². The smallest absolute Gasteiger partial charge is 0.323 e. The van der Waals surface area contributed by atoms with Gasteiger partial charge in [-0.3, -0.25) is 24.5 Å². The summed E-state index contributed by atoms with van der Waals surface area (Å²) in [6.07, 6.45) is -0.181. The average Bonchev–Trinajstić information content (AvgIpc) is 2.73. The van der Waals surface area contributed by atoms with Crippen LogP contribution in [0.15, 0.2) is 48.5 Å². The number of carbonyl (C=O) groups excluding carboxylic acids is 3. The molecule has 0 spiro atoms. The molecule has 164 valence electrons. The highest BCUT2D eigenvalue weighted by Crippen LogP contribution is 2.25. The minimum Gasteiger partial charge on any atom is -0.508 e. The first-order valence-electron chi connectivity index (χ1n) is 9.32. The standard InChI is InChI=1S/C21H23N3O7/c1-12(23-17(26)10-13-5-3-7-15(9-13)24(29)30)20(27)18(19(22)21(28)31-2)14-6-4-8-16(25)11-14/h3-9,11-12,18-19,25H,10,22H2,1-2H3,(H,23,26)/t12-,18?,19?/m0/s1. The highest BCUT2D eigenvalue weighted by molar-refractivity contribution is 5.97. The first-order valence-corrected chi connectivity index (χ1v) is 9.32. The van der Waals surface area contributed by atoms with Crippen LogP contribution >= 0.6 is 0 Å². The minimum absolute atomic E-state index is 0.116. The molecule has 0 heterocycles. The summed E-state index contributed by atoms with van der Waals surface area (Å²) < 4.78 is 4.64. The van der Waals surface area contributed by atoms with Crippen molar-refractivity contribution in [1.29, 1.82) is 0 Å². The SMILES string of the molecule is COC(=O)C(N)C(C(=O)[C@H](C)NC(=O)Cc1cccc([N+](=O)[O-])c1)c1cccc(O)c1. The third-order valence-electron chi connectivity index (χ3n) is 4.66. The first kappa shape index (κ1) is 23.5. The Morgan fingerprint density at radius 2 is 1.87 bits per heavy atom. The van der Waals surface area contributed by atoms with E-state index in [9.17, 15) is 29.6 Å². The Hall–Kier alpha value is -3.79. The molecule has 0 saturated carbocycles. The average molecular weight is 429 g/mol. The van der Waals surface area contributed by atoms with Crippen molar-refractivity contribution >= 4 is 23.3 Å². The van der Waals surface area contributed by atoms with E-state index < -0.39 is 40.6 Å². The number of non-ortho nitro benzene ring substituents is 1. The largest absolute Gasteiger partial charge is 0.508 e. The third kappa shape index (κ3) is 6.09. The van der Waals surface area contributed by atoms with E-state index in [1.807, 2.05) is 0 Å². The molecule has 0 aliphatic rings. The number of hydrogen-bond acceptors (Lipinski definition) is 8. The topological polar surface area (TPSA) is 162 Å². The molecule has 0 saturated heterocycles. The number of nitrogens with one attached hydrogen (secondary N) is 1. The van der Waals surface area contributed by atoms with Gasteiger partial charge in [-0.25, -0.2) is 0 Å². The van der Waals surface area contributed by atoms with Crippen molar-refractivity contribution in [2.45, 2.75) is 31.3 Å². The number of nitrogens with zero attached hydrogens (tertiary/aromatic N) is 1. The monoisotopic (exact) mass is 429 g/mol. The number of phenols is 1. The van der Waals surface area contributed by atoms with Gasteiger partial charge in [0.15, 0.2) is 5.78 Å². The maximum Gasteiger partial charge on any atom is 0.323 e. The van der Waals surface area contributed by atoms with E-state index in [0.717, 1.165) is 7.11 Å². The summed E-state index contributed by atoms with van der Waals surface area (Å²) >= 11 is 0. The summed E-state index contributed by atoms with van der Waals surface area (Å²) in [5.74, 6) is -3.21. The number of hydrogen-bond donors (Lipinski definition) is 3. The fourth-order valence-corrected chi connectivity index (χ4v) is 3.14. The molecule has 0 fully saturated rings. The number of nitro groups is 1. The molecule has 4 N–H and O–H groups in total. The molecule has 0 aliphatic heterocycles. The number of phenolic OH excluding ortho intramolecular Hbond substituents is 1. The van der Waals surface area contributed by atoms with E-state index in [1.165, 1.54) is 49.4 Å². The molecule has 0 radical (unpaired) electrons. The Balaban J connectivity index is 2.18.